The highest BCUT2D eigenvalue weighted by atomic mass is 16.5. The molecule has 0 radical (unpaired) electrons. The van der Waals surface area contributed by atoms with Crippen molar-refractivity contribution in [3.05, 3.63) is 0 Å². The van der Waals surface area contributed by atoms with E-state index in [1.165, 1.54) is 0 Å². The first-order chi connectivity index (χ1) is 8.03. The largest absolute Gasteiger partial charge is 0.379 e. The highest BCUT2D eigenvalue weighted by Gasteiger charge is 2.45. The molecule has 100 valence electrons. The van der Waals surface area contributed by atoms with E-state index in [4.69, 9.17) is 10.5 Å². The summed E-state index contributed by atoms with van der Waals surface area (Å²) in [4.78, 5) is 13.9. The van der Waals surface area contributed by atoms with Crippen LogP contribution in [0.4, 0.5) is 0 Å². The zero-order chi connectivity index (χ0) is 12.9. The maximum atomic E-state index is 11.8. The predicted molar refractivity (Wildman–Crippen MR) is 67.7 cm³/mol. The Bertz CT molecular complexity index is 258. The van der Waals surface area contributed by atoms with Crippen LogP contribution in [-0.4, -0.2) is 56.7 Å². The summed E-state index contributed by atoms with van der Waals surface area (Å²) in [6.07, 6.45) is 3.69. The summed E-state index contributed by atoms with van der Waals surface area (Å²) in [5, 5.41) is 3.33. The van der Waals surface area contributed by atoms with E-state index < -0.39 is 5.54 Å². The molecular weight excluding hydrogens is 218 g/mol. The topological polar surface area (TPSA) is 67.6 Å². The van der Waals surface area contributed by atoms with Crippen LogP contribution in [0.1, 0.15) is 25.7 Å². The molecule has 0 aliphatic heterocycles. The lowest BCUT2D eigenvalue weighted by Crippen LogP contribution is -2.65. The van der Waals surface area contributed by atoms with Gasteiger partial charge in [0.15, 0.2) is 0 Å². The molecule has 0 aromatic rings. The summed E-state index contributed by atoms with van der Waals surface area (Å²) in [6.45, 7) is 1.63. The highest BCUT2D eigenvalue weighted by molar-refractivity contribution is 5.85. The maximum Gasteiger partial charge on any atom is 0.240 e. The summed E-state index contributed by atoms with van der Waals surface area (Å²) in [6, 6.07) is 0. The van der Waals surface area contributed by atoms with E-state index in [0.29, 0.717) is 0 Å². The molecule has 2 atom stereocenters. The Kier molecular flexibility index (Phi) is 5.36. The number of nitrogens with zero attached hydrogens (tertiary/aromatic N) is 1. The lowest BCUT2D eigenvalue weighted by atomic mass is 9.78. The number of carbonyl (C=O) groups is 1. The van der Waals surface area contributed by atoms with Crippen molar-refractivity contribution in [2.24, 2.45) is 5.73 Å². The van der Waals surface area contributed by atoms with Gasteiger partial charge in [-0.25, -0.2) is 0 Å². The number of rotatable bonds is 6. The first-order valence-electron chi connectivity index (χ1n) is 6.25. The molecule has 1 saturated carbocycles. The lowest BCUT2D eigenvalue weighted by Gasteiger charge is -2.41. The molecule has 2 unspecified atom stereocenters. The van der Waals surface area contributed by atoms with Crippen LogP contribution in [0.5, 0.6) is 0 Å². The van der Waals surface area contributed by atoms with Crippen molar-refractivity contribution in [2.75, 3.05) is 34.3 Å². The van der Waals surface area contributed by atoms with E-state index in [2.05, 4.69) is 10.2 Å². The molecule has 0 saturated heterocycles. The van der Waals surface area contributed by atoms with Crippen LogP contribution in [-0.2, 0) is 9.53 Å². The van der Waals surface area contributed by atoms with Crippen LogP contribution in [0.25, 0.3) is 0 Å². The number of hydrogen-bond acceptors (Lipinski definition) is 4. The average molecular weight is 243 g/mol. The monoisotopic (exact) mass is 243 g/mol. The minimum Gasteiger partial charge on any atom is -0.379 e. The third kappa shape index (κ3) is 3.40. The first-order valence-corrected chi connectivity index (χ1v) is 6.25. The standard InChI is InChI=1S/C12H25N3O2/c1-15(2)9-8-14-12(11(13)16)7-5-4-6-10(12)17-3/h10,14H,4-9H2,1-3H3,(H2,13,16). The highest BCUT2D eigenvalue weighted by Crippen LogP contribution is 2.30. The number of hydrogen-bond donors (Lipinski definition) is 2. The van der Waals surface area contributed by atoms with Gasteiger partial charge < -0.3 is 15.4 Å². The summed E-state index contributed by atoms with van der Waals surface area (Å²) in [5.41, 5.74) is 4.91. The Morgan fingerprint density at radius 2 is 2.24 bits per heavy atom. The van der Waals surface area contributed by atoms with Crippen LogP contribution in [0.2, 0.25) is 0 Å². The second-order valence-corrected chi connectivity index (χ2v) is 5.04. The SMILES string of the molecule is COC1CCCCC1(NCCN(C)C)C(N)=O. The number of methoxy groups -OCH3 is 1. The van der Waals surface area contributed by atoms with Crippen molar-refractivity contribution >= 4 is 5.91 Å². The molecule has 0 heterocycles. The van der Waals surface area contributed by atoms with Gasteiger partial charge in [0.2, 0.25) is 5.91 Å². The lowest BCUT2D eigenvalue weighted by molar-refractivity contribution is -0.133. The molecule has 1 aliphatic rings. The van der Waals surface area contributed by atoms with Gasteiger partial charge in [-0.3, -0.25) is 10.1 Å². The average Bonchev–Trinajstić information content (AvgIpc) is 2.28. The molecule has 5 heteroatoms. The van der Waals surface area contributed by atoms with Gasteiger partial charge in [0.25, 0.3) is 0 Å². The second kappa shape index (κ2) is 6.33. The van der Waals surface area contributed by atoms with Crippen molar-refractivity contribution < 1.29 is 9.53 Å². The smallest absolute Gasteiger partial charge is 0.240 e. The van der Waals surface area contributed by atoms with Crippen LogP contribution in [0, 0.1) is 0 Å². The van der Waals surface area contributed by atoms with Gasteiger partial charge in [0.05, 0.1) is 6.10 Å². The summed E-state index contributed by atoms with van der Waals surface area (Å²) in [5.74, 6) is -0.289. The number of likely N-dealkylation sites (N-methyl/N-ethyl adjacent to an activating group) is 1. The fraction of sp³-hybridized carbons (Fsp3) is 0.917. The molecule has 0 aromatic carbocycles. The molecule has 3 N–H and O–H groups in total. The molecule has 0 aromatic heterocycles. The minimum absolute atomic E-state index is 0.101. The van der Waals surface area contributed by atoms with Gasteiger partial charge >= 0.3 is 0 Å². The van der Waals surface area contributed by atoms with Gasteiger partial charge in [-0.2, -0.15) is 0 Å². The summed E-state index contributed by atoms with van der Waals surface area (Å²) >= 11 is 0. The van der Waals surface area contributed by atoms with E-state index in [-0.39, 0.29) is 12.0 Å². The number of nitrogens with one attached hydrogen (secondary N) is 1. The molecule has 0 bridgehead atoms. The number of ether oxygens (including phenoxy) is 1. The Morgan fingerprint density at radius 1 is 1.53 bits per heavy atom. The Morgan fingerprint density at radius 3 is 2.76 bits per heavy atom. The zero-order valence-corrected chi connectivity index (χ0v) is 11.2. The third-order valence-electron chi connectivity index (χ3n) is 3.56. The molecule has 0 spiro atoms. The van der Waals surface area contributed by atoms with Crippen LogP contribution in [0.3, 0.4) is 0 Å². The minimum atomic E-state index is -0.678. The second-order valence-electron chi connectivity index (χ2n) is 5.04. The number of primary amides is 1. The fourth-order valence-electron chi connectivity index (χ4n) is 2.53. The van der Waals surface area contributed by atoms with Gasteiger partial charge in [-0.1, -0.05) is 12.8 Å². The normalized spacial score (nSPS) is 29.5. The van der Waals surface area contributed by atoms with Gasteiger partial charge in [0.1, 0.15) is 5.54 Å². The van der Waals surface area contributed by atoms with E-state index in [1.807, 2.05) is 14.1 Å². The molecular formula is C12H25N3O2. The Labute approximate surface area is 104 Å². The van der Waals surface area contributed by atoms with Gasteiger partial charge in [0, 0.05) is 20.2 Å². The van der Waals surface area contributed by atoms with Crippen molar-refractivity contribution in [1.29, 1.82) is 0 Å². The third-order valence-corrected chi connectivity index (χ3v) is 3.56. The Balaban J connectivity index is 2.69. The van der Waals surface area contributed by atoms with Crippen molar-refractivity contribution in [3.8, 4) is 0 Å². The van der Waals surface area contributed by atoms with Crippen LogP contribution in [0.15, 0.2) is 0 Å². The van der Waals surface area contributed by atoms with E-state index in [1.54, 1.807) is 7.11 Å². The summed E-state index contributed by atoms with van der Waals surface area (Å²) in [7, 11) is 5.67. The summed E-state index contributed by atoms with van der Waals surface area (Å²) < 4.78 is 5.45. The molecule has 1 fully saturated rings. The van der Waals surface area contributed by atoms with Crippen LogP contribution < -0.4 is 11.1 Å². The number of carbonyl (C=O) groups excluding carboxylic acids is 1. The van der Waals surface area contributed by atoms with E-state index in [0.717, 1.165) is 38.8 Å². The van der Waals surface area contributed by atoms with E-state index in [9.17, 15) is 4.79 Å². The Hall–Kier alpha value is -0.650. The number of nitrogens with two attached hydrogens (primary N) is 1. The van der Waals surface area contributed by atoms with E-state index >= 15 is 0 Å². The number of amides is 1. The van der Waals surface area contributed by atoms with Crippen LogP contribution >= 0.6 is 0 Å². The van der Waals surface area contributed by atoms with Gasteiger partial charge in [-0.05, 0) is 26.9 Å². The molecule has 17 heavy (non-hydrogen) atoms. The molecule has 1 amide bonds. The maximum absolute atomic E-state index is 11.8. The van der Waals surface area contributed by atoms with Crippen molar-refractivity contribution in [2.45, 2.75) is 37.3 Å². The van der Waals surface area contributed by atoms with Crippen molar-refractivity contribution in [3.63, 3.8) is 0 Å². The zero-order valence-electron chi connectivity index (χ0n) is 11.2. The fourth-order valence-corrected chi connectivity index (χ4v) is 2.53. The predicted octanol–water partition coefficient (Wildman–Crippen LogP) is -0.0493. The van der Waals surface area contributed by atoms with Gasteiger partial charge in [-0.15, -0.1) is 0 Å². The first kappa shape index (κ1) is 14.4. The molecule has 5 nitrogen and oxygen atoms in total. The molecule has 1 aliphatic carbocycles. The quantitative estimate of drug-likeness (QED) is 0.686. The van der Waals surface area contributed by atoms with Crippen molar-refractivity contribution in [1.82, 2.24) is 10.2 Å². The molecule has 1 rings (SSSR count).